The van der Waals surface area contributed by atoms with Crippen molar-refractivity contribution >= 4 is 33.4 Å². The number of nitrogens with one attached hydrogen (secondary N) is 1. The summed E-state index contributed by atoms with van der Waals surface area (Å²) in [6.45, 7) is 0. The second-order valence-electron chi connectivity index (χ2n) is 6.94. The van der Waals surface area contributed by atoms with E-state index in [1.165, 1.54) is 12.7 Å². The molecule has 0 bridgehead atoms. The van der Waals surface area contributed by atoms with E-state index in [1.807, 2.05) is 54.6 Å². The molecule has 7 heteroatoms. The predicted octanol–water partition coefficient (Wildman–Crippen LogP) is 4.79. The molecule has 162 valence electrons. The van der Waals surface area contributed by atoms with E-state index < -0.39 is 16.0 Å². The highest BCUT2D eigenvalue weighted by Crippen LogP contribution is 2.27. The van der Waals surface area contributed by atoms with Gasteiger partial charge in [0.1, 0.15) is 0 Å². The quantitative estimate of drug-likeness (QED) is 0.351. The number of esters is 1. The summed E-state index contributed by atoms with van der Waals surface area (Å²) in [7, 11) is -2.34. The van der Waals surface area contributed by atoms with Crippen LogP contribution in [-0.2, 0) is 27.6 Å². The number of aryl methyl sites for hydroxylation is 2. The monoisotopic (exact) mass is 455 g/mol. The summed E-state index contributed by atoms with van der Waals surface area (Å²) >= 11 is 1.61. The molecule has 0 aromatic heterocycles. The Kier molecular flexibility index (Phi) is 8.14. The van der Waals surface area contributed by atoms with Crippen molar-refractivity contribution in [2.75, 3.05) is 23.3 Å². The number of hydrogen-bond donors (Lipinski definition) is 1. The number of hydrogen-bond acceptors (Lipinski definition) is 5. The zero-order chi connectivity index (χ0) is 22.1. The molecule has 3 rings (SSSR count). The number of methoxy groups -OCH3 is 1. The van der Waals surface area contributed by atoms with Crippen LogP contribution in [0.3, 0.4) is 0 Å². The van der Waals surface area contributed by atoms with Gasteiger partial charge in [0.2, 0.25) is 10.0 Å². The third-order valence-corrected chi connectivity index (χ3v) is 6.93. The van der Waals surface area contributed by atoms with E-state index in [0.29, 0.717) is 6.42 Å². The first kappa shape index (κ1) is 22.9. The topological polar surface area (TPSA) is 72.5 Å². The van der Waals surface area contributed by atoms with Gasteiger partial charge in [-0.2, -0.15) is 0 Å². The minimum Gasteiger partial charge on any atom is -0.465 e. The molecule has 0 aliphatic carbocycles. The average Bonchev–Trinajstić information content (AvgIpc) is 2.79. The summed E-state index contributed by atoms with van der Waals surface area (Å²) in [6, 6.07) is 24.7. The molecule has 5 nitrogen and oxygen atoms in total. The molecule has 0 saturated carbocycles. The van der Waals surface area contributed by atoms with Gasteiger partial charge in [-0.15, -0.1) is 11.8 Å². The van der Waals surface area contributed by atoms with Crippen LogP contribution in [-0.4, -0.2) is 33.0 Å². The first-order valence-electron chi connectivity index (χ1n) is 9.90. The van der Waals surface area contributed by atoms with Gasteiger partial charge >= 0.3 is 5.97 Å². The van der Waals surface area contributed by atoms with Crippen LogP contribution in [0.4, 0.5) is 5.69 Å². The number of benzene rings is 3. The Balaban J connectivity index is 1.68. The van der Waals surface area contributed by atoms with Crippen molar-refractivity contribution < 1.29 is 17.9 Å². The zero-order valence-electron chi connectivity index (χ0n) is 17.3. The maximum Gasteiger partial charge on any atom is 0.340 e. The van der Waals surface area contributed by atoms with Crippen LogP contribution in [0.5, 0.6) is 0 Å². The lowest BCUT2D eigenvalue weighted by Crippen LogP contribution is -2.20. The molecule has 0 saturated heterocycles. The van der Waals surface area contributed by atoms with Crippen LogP contribution in [0, 0.1) is 0 Å². The Labute approximate surface area is 187 Å². The van der Waals surface area contributed by atoms with Crippen molar-refractivity contribution in [2.24, 2.45) is 0 Å². The molecule has 0 spiro atoms. The lowest BCUT2D eigenvalue weighted by molar-refractivity contribution is 0.0601. The molecular weight excluding hydrogens is 430 g/mol. The predicted molar refractivity (Wildman–Crippen MR) is 126 cm³/mol. The van der Waals surface area contributed by atoms with Gasteiger partial charge in [-0.05, 0) is 42.2 Å². The minimum atomic E-state index is -3.63. The molecule has 0 atom stereocenters. The molecular formula is C24H25NO4S2. The highest BCUT2D eigenvalue weighted by atomic mass is 32.2. The Hall–Kier alpha value is -2.77. The van der Waals surface area contributed by atoms with Crippen LogP contribution in [0.1, 0.15) is 21.5 Å². The fourth-order valence-corrected chi connectivity index (χ4v) is 5.09. The fourth-order valence-electron chi connectivity index (χ4n) is 3.03. The fraction of sp³-hybridized carbons (Fsp3) is 0.208. The van der Waals surface area contributed by atoms with Crippen molar-refractivity contribution in [1.29, 1.82) is 0 Å². The molecule has 0 radical (unpaired) electrons. The van der Waals surface area contributed by atoms with E-state index >= 15 is 0 Å². The second kappa shape index (κ2) is 11.0. The molecule has 0 fully saturated rings. The van der Waals surface area contributed by atoms with Crippen LogP contribution in [0.2, 0.25) is 0 Å². The maximum atomic E-state index is 12.6. The number of ether oxygens (including phenoxy) is 1. The molecule has 0 aliphatic heterocycles. The van der Waals surface area contributed by atoms with E-state index in [2.05, 4.69) is 16.9 Å². The molecule has 1 N–H and O–H groups in total. The van der Waals surface area contributed by atoms with Crippen LogP contribution >= 0.6 is 11.8 Å². The molecule has 0 heterocycles. The normalized spacial score (nSPS) is 11.1. The van der Waals surface area contributed by atoms with Crippen molar-refractivity contribution in [3.63, 3.8) is 0 Å². The van der Waals surface area contributed by atoms with Crippen molar-refractivity contribution in [3.8, 4) is 0 Å². The van der Waals surface area contributed by atoms with Crippen LogP contribution in [0.15, 0.2) is 83.8 Å². The second-order valence-corrected chi connectivity index (χ2v) is 9.95. The van der Waals surface area contributed by atoms with Gasteiger partial charge in [-0.3, -0.25) is 4.72 Å². The lowest BCUT2D eigenvalue weighted by atomic mass is 10.2. The van der Waals surface area contributed by atoms with Gasteiger partial charge < -0.3 is 4.74 Å². The van der Waals surface area contributed by atoms with Gasteiger partial charge in [-0.1, -0.05) is 60.7 Å². The van der Waals surface area contributed by atoms with Crippen LogP contribution < -0.4 is 4.72 Å². The van der Waals surface area contributed by atoms with E-state index in [0.717, 1.165) is 22.6 Å². The first-order chi connectivity index (χ1) is 15.0. The first-order valence-corrected chi connectivity index (χ1v) is 12.5. The summed E-state index contributed by atoms with van der Waals surface area (Å²) in [5.41, 5.74) is 2.61. The molecule has 3 aromatic carbocycles. The van der Waals surface area contributed by atoms with E-state index in [1.54, 1.807) is 23.9 Å². The number of thioether (sulfide) groups is 1. The smallest absolute Gasteiger partial charge is 0.340 e. The van der Waals surface area contributed by atoms with E-state index in [4.69, 9.17) is 4.74 Å². The van der Waals surface area contributed by atoms with Crippen molar-refractivity contribution in [2.45, 2.75) is 17.7 Å². The third kappa shape index (κ3) is 7.15. The van der Waals surface area contributed by atoms with Crippen molar-refractivity contribution in [3.05, 3.63) is 95.6 Å². The number of anilines is 1. The molecule has 31 heavy (non-hydrogen) atoms. The Morgan fingerprint density at radius 2 is 1.52 bits per heavy atom. The number of sulfonamides is 1. The van der Waals surface area contributed by atoms with Gasteiger partial charge in [-0.25, -0.2) is 13.2 Å². The molecule has 0 amide bonds. The third-order valence-electron chi connectivity index (χ3n) is 4.67. The Morgan fingerprint density at radius 3 is 2.13 bits per heavy atom. The van der Waals surface area contributed by atoms with Gasteiger partial charge in [0, 0.05) is 10.6 Å². The summed E-state index contributed by atoms with van der Waals surface area (Å²) in [5.74, 6) is 0.184. The van der Waals surface area contributed by atoms with Gasteiger partial charge in [0.05, 0.1) is 24.1 Å². The zero-order valence-corrected chi connectivity index (χ0v) is 18.9. The minimum absolute atomic E-state index is 0.0782. The summed E-state index contributed by atoms with van der Waals surface area (Å²) in [5, 5.41) is 0. The summed E-state index contributed by atoms with van der Waals surface area (Å²) in [4.78, 5) is 13.2. The van der Waals surface area contributed by atoms with E-state index in [9.17, 15) is 13.2 Å². The SMILES string of the molecule is COC(=O)c1cc(SCCc2ccccc2)ccc1NS(=O)(=O)CCc1ccccc1. The lowest BCUT2D eigenvalue weighted by Gasteiger charge is -2.13. The molecule has 0 unspecified atom stereocenters. The Bertz CT molecular complexity index is 1100. The van der Waals surface area contributed by atoms with E-state index in [-0.39, 0.29) is 17.0 Å². The molecule has 3 aromatic rings. The summed E-state index contributed by atoms with van der Waals surface area (Å²) in [6.07, 6.45) is 1.28. The van der Waals surface area contributed by atoms with Crippen molar-refractivity contribution in [1.82, 2.24) is 0 Å². The summed E-state index contributed by atoms with van der Waals surface area (Å²) < 4.78 is 32.6. The highest BCUT2D eigenvalue weighted by molar-refractivity contribution is 7.99. The standard InChI is InChI=1S/C24H25NO4S2/c1-29-24(26)22-18-21(30-16-14-19-8-4-2-5-9-19)12-13-23(22)25-31(27,28)17-15-20-10-6-3-7-11-20/h2-13,18,25H,14-17H2,1H3. The largest absolute Gasteiger partial charge is 0.465 e. The number of rotatable bonds is 10. The number of carbonyl (C=O) groups excluding carboxylic acids is 1. The van der Waals surface area contributed by atoms with Gasteiger partial charge in [0.15, 0.2) is 0 Å². The maximum absolute atomic E-state index is 12.6. The average molecular weight is 456 g/mol. The number of carbonyl (C=O) groups is 1. The Morgan fingerprint density at radius 1 is 0.903 bits per heavy atom. The molecule has 0 aliphatic rings. The highest BCUT2D eigenvalue weighted by Gasteiger charge is 2.18. The van der Waals surface area contributed by atoms with Crippen LogP contribution in [0.25, 0.3) is 0 Å². The van der Waals surface area contributed by atoms with Gasteiger partial charge in [0.25, 0.3) is 0 Å².